The van der Waals surface area contributed by atoms with Gasteiger partial charge < -0.3 is 16.2 Å². The summed E-state index contributed by atoms with van der Waals surface area (Å²) in [5.41, 5.74) is 7.57. The number of anilines is 1. The van der Waals surface area contributed by atoms with Crippen LogP contribution in [0.3, 0.4) is 0 Å². The first kappa shape index (κ1) is 13.9. The van der Waals surface area contributed by atoms with Gasteiger partial charge in [-0.25, -0.2) is 0 Å². The van der Waals surface area contributed by atoms with Crippen molar-refractivity contribution in [3.8, 4) is 5.75 Å². The van der Waals surface area contributed by atoms with Crippen LogP contribution in [0, 0.1) is 13.8 Å². The molecular weight excluding hydrogens is 240 g/mol. The van der Waals surface area contributed by atoms with Crippen molar-refractivity contribution in [3.05, 3.63) is 23.3 Å². The quantitative estimate of drug-likeness (QED) is 0.767. The van der Waals surface area contributed by atoms with Crippen LogP contribution >= 0.6 is 0 Å². The molecule has 1 aliphatic rings. The van der Waals surface area contributed by atoms with Gasteiger partial charge in [-0.05, 0) is 38.3 Å². The summed E-state index contributed by atoms with van der Waals surface area (Å²) in [5.74, 6) is 0.0890. The Morgan fingerprint density at radius 3 is 2.53 bits per heavy atom. The molecule has 104 valence electrons. The maximum atomic E-state index is 12.3. The number of phenols is 1. The van der Waals surface area contributed by atoms with Crippen LogP contribution in [0.4, 0.5) is 5.69 Å². The van der Waals surface area contributed by atoms with Crippen molar-refractivity contribution < 1.29 is 9.90 Å². The minimum atomic E-state index is -0.759. The fourth-order valence-corrected chi connectivity index (χ4v) is 2.63. The van der Waals surface area contributed by atoms with Crippen LogP contribution in [0.2, 0.25) is 0 Å². The average molecular weight is 262 g/mol. The highest BCUT2D eigenvalue weighted by molar-refractivity contribution is 5.98. The van der Waals surface area contributed by atoms with Crippen molar-refractivity contribution in [1.29, 1.82) is 0 Å². The number of amides is 1. The Labute approximate surface area is 114 Å². The number of phenolic OH excluding ortho intramolecular Hbond substituents is 1. The Kier molecular flexibility index (Phi) is 3.80. The Balaban J connectivity index is 2.17. The van der Waals surface area contributed by atoms with E-state index < -0.39 is 5.54 Å². The second-order valence-corrected chi connectivity index (χ2v) is 5.57. The number of aromatic hydroxyl groups is 1. The summed E-state index contributed by atoms with van der Waals surface area (Å²) in [6.07, 6.45) is 4.62. The van der Waals surface area contributed by atoms with Crippen LogP contribution in [0.25, 0.3) is 0 Å². The molecule has 1 amide bonds. The first-order valence-electron chi connectivity index (χ1n) is 6.83. The van der Waals surface area contributed by atoms with E-state index in [9.17, 15) is 9.90 Å². The van der Waals surface area contributed by atoms with Crippen molar-refractivity contribution in [2.24, 2.45) is 5.73 Å². The second kappa shape index (κ2) is 5.21. The molecule has 0 aromatic heterocycles. The molecule has 4 nitrogen and oxygen atoms in total. The Morgan fingerprint density at radius 2 is 1.89 bits per heavy atom. The molecule has 0 aliphatic heterocycles. The monoisotopic (exact) mass is 262 g/mol. The largest absolute Gasteiger partial charge is 0.507 e. The van der Waals surface area contributed by atoms with Crippen molar-refractivity contribution >= 4 is 11.6 Å². The van der Waals surface area contributed by atoms with E-state index >= 15 is 0 Å². The van der Waals surface area contributed by atoms with Gasteiger partial charge in [-0.1, -0.05) is 25.3 Å². The maximum absolute atomic E-state index is 12.3. The van der Waals surface area contributed by atoms with Gasteiger partial charge in [-0.15, -0.1) is 0 Å². The van der Waals surface area contributed by atoms with E-state index in [2.05, 4.69) is 5.32 Å². The fourth-order valence-electron chi connectivity index (χ4n) is 2.63. The molecule has 1 aromatic carbocycles. The molecule has 1 aromatic rings. The number of hydrogen-bond acceptors (Lipinski definition) is 3. The molecule has 1 fully saturated rings. The van der Waals surface area contributed by atoms with E-state index in [0.717, 1.165) is 37.7 Å². The van der Waals surface area contributed by atoms with Crippen molar-refractivity contribution in [2.45, 2.75) is 51.5 Å². The Morgan fingerprint density at radius 1 is 1.26 bits per heavy atom. The van der Waals surface area contributed by atoms with Gasteiger partial charge in [0, 0.05) is 11.3 Å². The molecule has 0 atom stereocenters. The van der Waals surface area contributed by atoms with Gasteiger partial charge in [0.2, 0.25) is 5.91 Å². The summed E-state index contributed by atoms with van der Waals surface area (Å²) in [5, 5.41) is 12.8. The zero-order valence-corrected chi connectivity index (χ0v) is 11.6. The third kappa shape index (κ3) is 2.73. The molecule has 2 rings (SSSR count). The topological polar surface area (TPSA) is 75.4 Å². The number of carbonyl (C=O) groups excluding carboxylic acids is 1. The van der Waals surface area contributed by atoms with Crippen LogP contribution in [0.5, 0.6) is 5.75 Å². The number of nitrogens with two attached hydrogens (primary N) is 1. The molecule has 1 saturated carbocycles. The molecule has 19 heavy (non-hydrogen) atoms. The highest BCUT2D eigenvalue weighted by Crippen LogP contribution is 2.31. The van der Waals surface area contributed by atoms with Gasteiger partial charge in [-0.2, -0.15) is 0 Å². The number of hydrogen-bond donors (Lipinski definition) is 3. The summed E-state index contributed by atoms with van der Waals surface area (Å²) in [6, 6.07) is 3.61. The van der Waals surface area contributed by atoms with Gasteiger partial charge in [0.05, 0.1) is 5.54 Å². The molecular formula is C15H22N2O2. The molecule has 0 unspecified atom stereocenters. The minimum Gasteiger partial charge on any atom is -0.507 e. The van der Waals surface area contributed by atoms with Gasteiger partial charge in [0.25, 0.3) is 0 Å². The van der Waals surface area contributed by atoms with E-state index in [0.29, 0.717) is 11.3 Å². The number of carbonyl (C=O) groups is 1. The van der Waals surface area contributed by atoms with Gasteiger partial charge in [-0.3, -0.25) is 4.79 Å². The van der Waals surface area contributed by atoms with Gasteiger partial charge >= 0.3 is 0 Å². The predicted molar refractivity (Wildman–Crippen MR) is 76.2 cm³/mol. The standard InChI is InChI=1S/C15H22N2O2/c1-10-6-7-12(11(2)13(10)18)17-14(19)15(16)8-4-3-5-9-15/h6-7,18H,3-5,8-9,16H2,1-2H3,(H,17,19). The molecule has 4 N–H and O–H groups in total. The number of rotatable bonds is 2. The third-order valence-corrected chi connectivity index (χ3v) is 4.08. The lowest BCUT2D eigenvalue weighted by Gasteiger charge is -2.32. The summed E-state index contributed by atoms with van der Waals surface area (Å²) in [6.45, 7) is 3.63. The fraction of sp³-hybridized carbons (Fsp3) is 0.533. The van der Waals surface area contributed by atoms with Crippen molar-refractivity contribution in [2.75, 3.05) is 5.32 Å². The molecule has 4 heteroatoms. The molecule has 0 saturated heterocycles. The lowest BCUT2D eigenvalue weighted by atomic mass is 9.82. The molecule has 1 aliphatic carbocycles. The SMILES string of the molecule is Cc1ccc(NC(=O)C2(N)CCCCC2)c(C)c1O. The van der Waals surface area contributed by atoms with Gasteiger partial charge in [0.15, 0.2) is 0 Å². The third-order valence-electron chi connectivity index (χ3n) is 4.08. The van der Waals surface area contributed by atoms with Crippen molar-refractivity contribution in [3.63, 3.8) is 0 Å². The summed E-state index contributed by atoms with van der Waals surface area (Å²) >= 11 is 0. The first-order valence-corrected chi connectivity index (χ1v) is 6.83. The van der Waals surface area contributed by atoms with E-state index in [-0.39, 0.29) is 11.7 Å². The highest BCUT2D eigenvalue weighted by atomic mass is 16.3. The highest BCUT2D eigenvalue weighted by Gasteiger charge is 2.35. The lowest BCUT2D eigenvalue weighted by Crippen LogP contribution is -2.52. The Hall–Kier alpha value is -1.55. The predicted octanol–water partition coefficient (Wildman–Crippen LogP) is 2.61. The number of nitrogens with one attached hydrogen (secondary N) is 1. The van der Waals surface area contributed by atoms with Crippen LogP contribution in [-0.4, -0.2) is 16.6 Å². The summed E-state index contributed by atoms with van der Waals surface area (Å²) < 4.78 is 0. The normalized spacial score (nSPS) is 18.1. The van der Waals surface area contributed by atoms with E-state index in [1.165, 1.54) is 0 Å². The molecule has 0 bridgehead atoms. The van der Waals surface area contributed by atoms with Crippen molar-refractivity contribution in [1.82, 2.24) is 0 Å². The molecule has 0 radical (unpaired) electrons. The number of benzene rings is 1. The molecule has 0 spiro atoms. The zero-order valence-electron chi connectivity index (χ0n) is 11.6. The number of aryl methyl sites for hydroxylation is 1. The maximum Gasteiger partial charge on any atom is 0.244 e. The first-order chi connectivity index (χ1) is 8.94. The second-order valence-electron chi connectivity index (χ2n) is 5.57. The minimum absolute atomic E-state index is 0.140. The Bertz CT molecular complexity index is 491. The average Bonchev–Trinajstić information content (AvgIpc) is 2.40. The summed E-state index contributed by atoms with van der Waals surface area (Å²) in [4.78, 5) is 12.3. The van der Waals surface area contributed by atoms with Crippen LogP contribution in [0.1, 0.15) is 43.2 Å². The molecule has 0 heterocycles. The van der Waals surface area contributed by atoms with E-state index in [4.69, 9.17) is 5.73 Å². The van der Waals surface area contributed by atoms with E-state index in [1.807, 2.05) is 13.0 Å². The van der Waals surface area contributed by atoms with Crippen LogP contribution < -0.4 is 11.1 Å². The van der Waals surface area contributed by atoms with Gasteiger partial charge in [0.1, 0.15) is 5.75 Å². The summed E-state index contributed by atoms with van der Waals surface area (Å²) in [7, 11) is 0. The lowest BCUT2D eigenvalue weighted by molar-refractivity contribution is -0.122. The zero-order chi connectivity index (χ0) is 14.0. The smallest absolute Gasteiger partial charge is 0.244 e. The van der Waals surface area contributed by atoms with E-state index in [1.54, 1.807) is 13.0 Å². The van der Waals surface area contributed by atoms with Crippen LogP contribution in [0.15, 0.2) is 12.1 Å². The van der Waals surface area contributed by atoms with Crippen LogP contribution in [-0.2, 0) is 4.79 Å².